The molecule has 2 amide bonds. The van der Waals surface area contributed by atoms with Gasteiger partial charge in [-0.2, -0.15) is 0 Å². The number of para-hydroxylation sites is 1. The van der Waals surface area contributed by atoms with Crippen molar-refractivity contribution >= 4 is 17.5 Å². The van der Waals surface area contributed by atoms with Crippen LogP contribution in [-0.4, -0.2) is 24.4 Å². The predicted octanol–water partition coefficient (Wildman–Crippen LogP) is 3.00. The van der Waals surface area contributed by atoms with Crippen molar-refractivity contribution in [2.45, 2.75) is 53.0 Å². The fourth-order valence-electron chi connectivity index (χ4n) is 3.02. The monoisotopic (exact) mass is 302 g/mol. The van der Waals surface area contributed by atoms with Crippen LogP contribution in [0.1, 0.15) is 51.2 Å². The lowest BCUT2D eigenvalue weighted by atomic mass is 9.97. The average Bonchev–Trinajstić information content (AvgIpc) is 2.79. The third-order valence-corrected chi connectivity index (χ3v) is 4.09. The predicted molar refractivity (Wildman–Crippen MR) is 89.0 cm³/mol. The van der Waals surface area contributed by atoms with Crippen LogP contribution in [0.5, 0.6) is 0 Å². The van der Waals surface area contributed by atoms with Crippen molar-refractivity contribution in [3.63, 3.8) is 0 Å². The van der Waals surface area contributed by atoms with Crippen LogP contribution in [0.25, 0.3) is 0 Å². The molecule has 1 fully saturated rings. The van der Waals surface area contributed by atoms with Gasteiger partial charge in [-0.3, -0.25) is 9.59 Å². The second-order valence-corrected chi connectivity index (χ2v) is 6.74. The lowest BCUT2D eigenvalue weighted by Crippen LogP contribution is -2.37. The molecule has 0 radical (unpaired) electrons. The van der Waals surface area contributed by atoms with Crippen molar-refractivity contribution < 1.29 is 9.59 Å². The van der Waals surface area contributed by atoms with Crippen LogP contribution in [0.3, 0.4) is 0 Å². The Kier molecular flexibility index (Phi) is 4.89. The van der Waals surface area contributed by atoms with Gasteiger partial charge >= 0.3 is 0 Å². The van der Waals surface area contributed by atoms with Crippen LogP contribution in [0.2, 0.25) is 0 Å². The molecule has 0 aromatic heterocycles. The highest BCUT2D eigenvalue weighted by atomic mass is 16.2. The van der Waals surface area contributed by atoms with E-state index in [1.54, 1.807) is 4.90 Å². The SMILES string of the molecule is Cc1cccc(C(C)C)c1N1CC(C(=O)NC(C)C)CC1=O. The Balaban J connectivity index is 2.28. The van der Waals surface area contributed by atoms with Crippen LogP contribution in [0.4, 0.5) is 5.69 Å². The maximum atomic E-state index is 12.4. The van der Waals surface area contributed by atoms with Gasteiger partial charge in [0.15, 0.2) is 0 Å². The highest BCUT2D eigenvalue weighted by Crippen LogP contribution is 2.34. The molecule has 22 heavy (non-hydrogen) atoms. The van der Waals surface area contributed by atoms with Crippen molar-refractivity contribution in [3.05, 3.63) is 29.3 Å². The van der Waals surface area contributed by atoms with E-state index in [1.165, 1.54) is 5.56 Å². The molecular weight excluding hydrogens is 276 g/mol. The van der Waals surface area contributed by atoms with Crippen molar-refractivity contribution in [1.29, 1.82) is 0 Å². The summed E-state index contributed by atoms with van der Waals surface area (Å²) in [5.41, 5.74) is 3.24. The number of amides is 2. The Morgan fingerprint density at radius 2 is 1.95 bits per heavy atom. The van der Waals surface area contributed by atoms with Crippen LogP contribution in [0.15, 0.2) is 18.2 Å². The number of nitrogens with zero attached hydrogens (tertiary/aromatic N) is 1. The molecule has 4 heteroatoms. The van der Waals surface area contributed by atoms with E-state index in [2.05, 4.69) is 25.2 Å². The van der Waals surface area contributed by atoms with Crippen molar-refractivity contribution in [2.75, 3.05) is 11.4 Å². The second kappa shape index (κ2) is 6.51. The summed E-state index contributed by atoms with van der Waals surface area (Å²) in [4.78, 5) is 26.4. The van der Waals surface area contributed by atoms with E-state index in [0.29, 0.717) is 18.9 Å². The zero-order valence-electron chi connectivity index (χ0n) is 14.1. The van der Waals surface area contributed by atoms with Gasteiger partial charge in [0.2, 0.25) is 11.8 Å². The minimum Gasteiger partial charge on any atom is -0.354 e. The highest BCUT2D eigenvalue weighted by molar-refractivity contribution is 6.01. The maximum absolute atomic E-state index is 12.4. The molecule has 120 valence electrons. The van der Waals surface area contributed by atoms with Crippen molar-refractivity contribution in [2.24, 2.45) is 5.92 Å². The summed E-state index contributed by atoms with van der Waals surface area (Å²) in [6.07, 6.45) is 0.296. The topological polar surface area (TPSA) is 49.4 Å². The number of benzene rings is 1. The minimum absolute atomic E-state index is 0.0227. The lowest BCUT2D eigenvalue weighted by Gasteiger charge is -2.24. The smallest absolute Gasteiger partial charge is 0.227 e. The fourth-order valence-corrected chi connectivity index (χ4v) is 3.02. The van der Waals surface area contributed by atoms with Gasteiger partial charge in [-0.05, 0) is 37.8 Å². The summed E-state index contributed by atoms with van der Waals surface area (Å²) in [6, 6.07) is 6.22. The van der Waals surface area contributed by atoms with Gasteiger partial charge in [0, 0.05) is 24.7 Å². The molecule has 1 aromatic carbocycles. The first-order chi connectivity index (χ1) is 10.3. The first-order valence-corrected chi connectivity index (χ1v) is 8.01. The molecule has 4 nitrogen and oxygen atoms in total. The summed E-state index contributed by atoms with van der Waals surface area (Å²) >= 11 is 0. The number of anilines is 1. The molecule has 1 saturated heterocycles. The van der Waals surface area contributed by atoms with E-state index in [1.807, 2.05) is 32.9 Å². The van der Waals surface area contributed by atoms with Crippen LogP contribution >= 0.6 is 0 Å². The minimum atomic E-state index is -0.255. The number of nitrogens with one attached hydrogen (secondary N) is 1. The quantitative estimate of drug-likeness (QED) is 0.929. The Labute approximate surface area is 132 Å². The van der Waals surface area contributed by atoms with E-state index < -0.39 is 0 Å². The largest absolute Gasteiger partial charge is 0.354 e. The Hall–Kier alpha value is -1.84. The van der Waals surface area contributed by atoms with Crippen molar-refractivity contribution in [3.8, 4) is 0 Å². The highest BCUT2D eigenvalue weighted by Gasteiger charge is 2.36. The van der Waals surface area contributed by atoms with E-state index in [4.69, 9.17) is 0 Å². The summed E-state index contributed by atoms with van der Waals surface area (Å²) in [6.45, 7) is 10.6. The number of hydrogen-bond donors (Lipinski definition) is 1. The summed E-state index contributed by atoms with van der Waals surface area (Å²) in [7, 11) is 0. The van der Waals surface area contributed by atoms with Gasteiger partial charge in [-0.15, -0.1) is 0 Å². The number of aryl methyl sites for hydroxylation is 1. The maximum Gasteiger partial charge on any atom is 0.227 e. The van der Waals surface area contributed by atoms with E-state index in [0.717, 1.165) is 11.3 Å². The Morgan fingerprint density at radius 1 is 1.27 bits per heavy atom. The van der Waals surface area contributed by atoms with Gasteiger partial charge in [-0.1, -0.05) is 32.0 Å². The van der Waals surface area contributed by atoms with Crippen molar-refractivity contribution in [1.82, 2.24) is 5.32 Å². The number of carbonyl (C=O) groups is 2. The molecule has 0 bridgehead atoms. The van der Waals surface area contributed by atoms with Gasteiger partial charge in [-0.25, -0.2) is 0 Å². The zero-order valence-corrected chi connectivity index (χ0v) is 14.1. The average molecular weight is 302 g/mol. The molecule has 1 unspecified atom stereocenters. The second-order valence-electron chi connectivity index (χ2n) is 6.74. The third-order valence-electron chi connectivity index (χ3n) is 4.09. The van der Waals surface area contributed by atoms with Gasteiger partial charge in [0.25, 0.3) is 0 Å². The molecule has 1 aliphatic heterocycles. The molecular formula is C18H26N2O2. The first-order valence-electron chi connectivity index (χ1n) is 8.01. The van der Waals surface area contributed by atoms with E-state index in [9.17, 15) is 9.59 Å². The van der Waals surface area contributed by atoms with Gasteiger partial charge in [0.05, 0.1) is 5.92 Å². The lowest BCUT2D eigenvalue weighted by molar-refractivity contribution is -0.126. The Bertz CT molecular complexity index is 578. The molecule has 0 spiro atoms. The van der Waals surface area contributed by atoms with Gasteiger partial charge in [0.1, 0.15) is 0 Å². The molecule has 1 atom stereocenters. The molecule has 1 N–H and O–H groups in total. The standard InChI is InChI=1S/C18H26N2O2/c1-11(2)15-8-6-7-13(5)17(15)20-10-14(9-16(20)21)18(22)19-12(3)4/h6-8,11-12,14H,9-10H2,1-5H3,(H,19,22). The van der Waals surface area contributed by atoms with E-state index >= 15 is 0 Å². The van der Waals surface area contributed by atoms with Crippen LogP contribution < -0.4 is 10.2 Å². The fraction of sp³-hybridized carbons (Fsp3) is 0.556. The zero-order chi connectivity index (χ0) is 16.4. The Morgan fingerprint density at radius 3 is 2.55 bits per heavy atom. The number of rotatable bonds is 4. The number of hydrogen-bond acceptors (Lipinski definition) is 2. The van der Waals surface area contributed by atoms with Crippen LogP contribution in [-0.2, 0) is 9.59 Å². The summed E-state index contributed by atoms with van der Waals surface area (Å²) in [5.74, 6) is 0.103. The van der Waals surface area contributed by atoms with E-state index in [-0.39, 0.29) is 23.8 Å². The summed E-state index contributed by atoms with van der Waals surface area (Å²) < 4.78 is 0. The molecule has 1 aliphatic rings. The number of carbonyl (C=O) groups excluding carboxylic acids is 2. The summed E-state index contributed by atoms with van der Waals surface area (Å²) in [5, 5.41) is 2.91. The molecule has 1 heterocycles. The third kappa shape index (κ3) is 3.32. The molecule has 2 rings (SSSR count). The van der Waals surface area contributed by atoms with Gasteiger partial charge < -0.3 is 10.2 Å². The first kappa shape index (κ1) is 16.5. The molecule has 1 aromatic rings. The van der Waals surface area contributed by atoms with Crippen LogP contribution in [0, 0.1) is 12.8 Å². The normalized spacial score (nSPS) is 18.4. The molecule has 0 aliphatic carbocycles. The molecule has 0 saturated carbocycles.